The molecule has 0 bridgehead atoms. The second kappa shape index (κ2) is 8.90. The average molecular weight is 552 g/mol. The molecule has 2 unspecified atom stereocenters. The van der Waals surface area contributed by atoms with Crippen molar-refractivity contribution in [2.45, 2.75) is 47.5 Å². The first-order valence-electron chi connectivity index (χ1n) is 10.7. The van der Waals surface area contributed by atoms with Crippen molar-refractivity contribution in [3.05, 3.63) is 91.1 Å². The zero-order valence-electron chi connectivity index (χ0n) is 19.7. The first-order chi connectivity index (χ1) is 13.5. The first-order valence-corrected chi connectivity index (χ1v) is 24.2. The van der Waals surface area contributed by atoms with Crippen molar-refractivity contribution in [1.29, 1.82) is 0 Å². The zero-order chi connectivity index (χ0) is 21.2. The van der Waals surface area contributed by atoms with Crippen LogP contribution in [0.15, 0.2) is 74.2 Å². The molecule has 2 aliphatic rings. The largest absolute Gasteiger partial charge is 0.147 e. The van der Waals surface area contributed by atoms with Gasteiger partial charge >= 0.3 is 179 Å². The summed E-state index contributed by atoms with van der Waals surface area (Å²) >= 11 is -3.38. The summed E-state index contributed by atoms with van der Waals surface area (Å²) in [6.45, 7) is 14.3. The number of pyridine rings is 1. The second-order valence-corrected chi connectivity index (χ2v) is 39.6. The van der Waals surface area contributed by atoms with Gasteiger partial charge in [-0.25, -0.2) is 0 Å². The predicted molar refractivity (Wildman–Crippen MR) is 140 cm³/mol. The molecule has 0 radical (unpaired) electrons. The minimum Gasteiger partial charge on any atom is -0.147 e. The predicted octanol–water partition coefficient (Wildman–Crippen LogP) is 7.40. The number of hydrogen-bond acceptors (Lipinski definition) is 1. The van der Waals surface area contributed by atoms with E-state index in [0.29, 0.717) is 9.54 Å². The molecule has 0 N–H and O–H groups in total. The Morgan fingerprint density at radius 1 is 0.839 bits per heavy atom. The number of nitrogens with zero attached hydrogens (tertiary/aromatic N) is 1. The number of fused-ring (bicyclic) bond motifs is 1. The van der Waals surface area contributed by atoms with E-state index in [2.05, 4.69) is 87.2 Å². The Labute approximate surface area is 202 Å². The Bertz CT molecular complexity index is 1180. The molecule has 2 atom stereocenters. The van der Waals surface area contributed by atoms with E-state index in [1.54, 1.807) is 14.4 Å². The van der Waals surface area contributed by atoms with Gasteiger partial charge < -0.3 is 0 Å². The van der Waals surface area contributed by atoms with E-state index < -0.39 is 17.4 Å². The minimum absolute atomic E-state index is 0. The number of hydrogen-bond donors (Lipinski definition) is 0. The second-order valence-electron chi connectivity index (χ2n) is 10.2. The fourth-order valence-electron chi connectivity index (χ4n) is 6.46. The van der Waals surface area contributed by atoms with Gasteiger partial charge in [0.15, 0.2) is 0 Å². The Kier molecular flexibility index (Phi) is 7.61. The molecule has 5 heteroatoms. The molecule has 0 aliphatic heterocycles. The molecule has 1 nitrogen and oxygen atoms in total. The van der Waals surface area contributed by atoms with E-state index in [9.17, 15) is 0 Å². The quantitative estimate of drug-likeness (QED) is 0.362. The van der Waals surface area contributed by atoms with E-state index in [1.165, 1.54) is 27.8 Å². The van der Waals surface area contributed by atoms with Gasteiger partial charge in [0.2, 0.25) is 0 Å². The normalized spacial score (nSPS) is 21.2. The monoisotopic (exact) mass is 549 g/mol. The third-order valence-electron chi connectivity index (χ3n) is 7.74. The maximum absolute atomic E-state index is 4.75. The van der Waals surface area contributed by atoms with E-state index in [1.807, 2.05) is 12.3 Å². The molecule has 0 fully saturated rings. The van der Waals surface area contributed by atoms with Crippen LogP contribution in [-0.2, 0) is 17.4 Å². The SMILES string of the molecule is CC1=C(C)C(C)[C]([Zr]([CH3])([CH3])(=[SiH2])[CH]2C(C)=C(c3ccccn3)c3ccccc32)=C1C.Cl.Cl. The van der Waals surface area contributed by atoms with E-state index in [4.69, 9.17) is 4.98 Å². The summed E-state index contributed by atoms with van der Waals surface area (Å²) in [6, 6.07) is 15.4. The Morgan fingerprint density at radius 2 is 1.45 bits per heavy atom. The van der Waals surface area contributed by atoms with Crippen LogP contribution in [0.25, 0.3) is 5.57 Å². The van der Waals surface area contributed by atoms with Crippen molar-refractivity contribution < 1.29 is 17.4 Å². The zero-order valence-corrected chi connectivity index (χ0v) is 25.2. The molecule has 1 heterocycles. The molecular weight excluding hydrogens is 517 g/mol. The van der Waals surface area contributed by atoms with Crippen molar-refractivity contribution in [2.24, 2.45) is 5.92 Å². The fraction of sp³-hybridized carbons (Fsp3) is 0.346. The maximum Gasteiger partial charge on any atom is -0.147 e. The number of halogens is 2. The van der Waals surface area contributed by atoms with Gasteiger partial charge in [-0.05, 0) is 0 Å². The first kappa shape index (κ1) is 26.5. The van der Waals surface area contributed by atoms with Crippen LogP contribution >= 0.6 is 24.8 Å². The van der Waals surface area contributed by atoms with Crippen molar-refractivity contribution >= 4 is 37.3 Å². The van der Waals surface area contributed by atoms with Crippen LogP contribution in [-0.4, -0.2) is 11.9 Å². The molecule has 0 spiro atoms. The Balaban J connectivity index is 0.00000171. The van der Waals surface area contributed by atoms with E-state index in [-0.39, 0.29) is 24.8 Å². The summed E-state index contributed by atoms with van der Waals surface area (Å²) in [6.07, 6.45) is 1.92. The maximum atomic E-state index is 4.75. The molecule has 1 aromatic heterocycles. The van der Waals surface area contributed by atoms with Crippen LogP contribution in [0.5, 0.6) is 0 Å². The summed E-state index contributed by atoms with van der Waals surface area (Å²) in [5.41, 5.74) is 11.6. The third-order valence-corrected chi connectivity index (χ3v) is 25.1. The molecule has 166 valence electrons. The van der Waals surface area contributed by atoms with Gasteiger partial charge in [-0.3, -0.25) is 0 Å². The minimum atomic E-state index is -3.38. The van der Waals surface area contributed by atoms with Crippen LogP contribution in [0, 0.1) is 5.92 Å². The van der Waals surface area contributed by atoms with Crippen LogP contribution in [0.2, 0.25) is 9.26 Å². The molecule has 4 rings (SSSR count). The number of rotatable bonds is 3. The van der Waals surface area contributed by atoms with Gasteiger partial charge in [0.05, 0.1) is 0 Å². The van der Waals surface area contributed by atoms with E-state index in [0.717, 1.165) is 5.69 Å². The molecule has 2 aromatic rings. The Morgan fingerprint density at radius 3 is 2.00 bits per heavy atom. The molecule has 2 aliphatic carbocycles. The van der Waals surface area contributed by atoms with Gasteiger partial charge in [0, 0.05) is 0 Å². The van der Waals surface area contributed by atoms with Crippen LogP contribution in [0.4, 0.5) is 0 Å². The van der Waals surface area contributed by atoms with Crippen molar-refractivity contribution in [2.75, 3.05) is 0 Å². The van der Waals surface area contributed by atoms with E-state index >= 15 is 0 Å². The fourth-order valence-corrected chi connectivity index (χ4v) is 28.1. The molecular formula is C26H35Cl2NSiZr. The average Bonchev–Trinajstić information content (AvgIpc) is 3.09. The van der Waals surface area contributed by atoms with Crippen molar-refractivity contribution in [3.63, 3.8) is 0 Å². The number of allylic oxidation sites excluding steroid dienone is 5. The number of benzene rings is 1. The third kappa shape index (κ3) is 3.95. The van der Waals surface area contributed by atoms with Crippen molar-refractivity contribution in [3.8, 4) is 0 Å². The standard InChI is InChI=1S/C15H12N.C9H13.2CH3.2ClH.H2Si.Zr/c1-11-10-12-6-2-3-7-13(12)15(11)14-8-4-5-9-16-14;1-6-5-7(2)9(4)8(6)3;;;;;;/h2-10H,1H3;6H,1-4H3;2*1H3;2*1H;1H2;. The smallest absolute Gasteiger partial charge is 0.147 e. The summed E-state index contributed by atoms with van der Waals surface area (Å²) in [7, 11) is 0. The van der Waals surface area contributed by atoms with Gasteiger partial charge in [0.25, 0.3) is 0 Å². The van der Waals surface area contributed by atoms with Crippen LogP contribution in [0.1, 0.15) is 55.1 Å². The van der Waals surface area contributed by atoms with Gasteiger partial charge in [0.1, 0.15) is 0 Å². The summed E-state index contributed by atoms with van der Waals surface area (Å²) in [4.78, 5) is 4.75. The topological polar surface area (TPSA) is 12.9 Å². The van der Waals surface area contributed by atoms with Crippen molar-refractivity contribution in [1.82, 2.24) is 4.98 Å². The summed E-state index contributed by atoms with van der Waals surface area (Å²) < 4.78 is 7.72. The molecule has 0 saturated carbocycles. The summed E-state index contributed by atoms with van der Waals surface area (Å²) in [5, 5.41) is 0. The summed E-state index contributed by atoms with van der Waals surface area (Å²) in [5.74, 6) is 0.576. The van der Waals surface area contributed by atoms with Crippen LogP contribution < -0.4 is 0 Å². The molecule has 0 saturated heterocycles. The molecule has 1 aromatic carbocycles. The molecule has 0 amide bonds. The van der Waals surface area contributed by atoms with Gasteiger partial charge in [-0.2, -0.15) is 0 Å². The van der Waals surface area contributed by atoms with Gasteiger partial charge in [-0.15, -0.1) is 24.8 Å². The molecule has 31 heavy (non-hydrogen) atoms. The van der Waals surface area contributed by atoms with Crippen LogP contribution in [0.3, 0.4) is 0 Å². The van der Waals surface area contributed by atoms with Gasteiger partial charge in [-0.1, -0.05) is 0 Å². The number of aromatic nitrogens is 1. The Hall–Kier alpha value is -0.730.